The molecule has 3 heterocycles. The SMILES string of the molecule is COc1cc(-c2cc(NC(=O)c3csc(C)n3)c3cn[nH]c3c2)c2cc[nH]c2c1. The smallest absolute Gasteiger partial charge is 0.275 e. The van der Waals surface area contributed by atoms with Crippen LogP contribution in [0.15, 0.2) is 48.1 Å². The lowest BCUT2D eigenvalue weighted by molar-refractivity contribution is 0.102. The standard InChI is InChI=1S/C21H17N5O2S/c1-11-24-20(10-29-11)21(27)25-18-5-12(6-19-16(18)9-23-26-19)15-7-13(28-2)8-17-14(15)3-4-22-17/h3-10,22H,1-2H3,(H,23,26)(H,25,27). The lowest BCUT2D eigenvalue weighted by Gasteiger charge is -2.11. The molecule has 0 unspecified atom stereocenters. The molecule has 0 bridgehead atoms. The van der Waals surface area contributed by atoms with Crippen LogP contribution in [0.5, 0.6) is 5.75 Å². The van der Waals surface area contributed by atoms with E-state index in [0.29, 0.717) is 11.4 Å². The van der Waals surface area contributed by atoms with Crippen LogP contribution in [0.1, 0.15) is 15.5 Å². The zero-order valence-electron chi connectivity index (χ0n) is 15.7. The van der Waals surface area contributed by atoms with Crippen molar-refractivity contribution in [2.75, 3.05) is 12.4 Å². The summed E-state index contributed by atoms with van der Waals surface area (Å²) >= 11 is 1.45. The van der Waals surface area contributed by atoms with Gasteiger partial charge in [-0.25, -0.2) is 4.98 Å². The van der Waals surface area contributed by atoms with Gasteiger partial charge in [-0.2, -0.15) is 5.10 Å². The van der Waals surface area contributed by atoms with Crippen LogP contribution in [0.3, 0.4) is 0 Å². The Bertz CT molecular complexity index is 1360. The number of carbonyl (C=O) groups excluding carboxylic acids is 1. The van der Waals surface area contributed by atoms with Crippen LogP contribution in [0, 0.1) is 6.92 Å². The third-order valence-corrected chi connectivity index (χ3v) is 5.62. The summed E-state index contributed by atoms with van der Waals surface area (Å²) in [6, 6.07) is 9.95. The highest BCUT2D eigenvalue weighted by Gasteiger charge is 2.15. The third-order valence-electron chi connectivity index (χ3n) is 4.85. The normalized spacial score (nSPS) is 11.2. The van der Waals surface area contributed by atoms with E-state index in [-0.39, 0.29) is 5.91 Å². The fourth-order valence-corrected chi connectivity index (χ4v) is 4.05. The molecule has 29 heavy (non-hydrogen) atoms. The van der Waals surface area contributed by atoms with E-state index in [0.717, 1.165) is 43.7 Å². The summed E-state index contributed by atoms with van der Waals surface area (Å²) in [5, 5.41) is 14.6. The molecule has 5 rings (SSSR count). The van der Waals surface area contributed by atoms with Crippen LogP contribution < -0.4 is 10.1 Å². The van der Waals surface area contributed by atoms with Crippen LogP contribution in [-0.4, -0.2) is 33.2 Å². The third kappa shape index (κ3) is 3.03. The average molecular weight is 403 g/mol. The summed E-state index contributed by atoms with van der Waals surface area (Å²) in [5.41, 5.74) is 4.83. The van der Waals surface area contributed by atoms with Crippen molar-refractivity contribution in [2.24, 2.45) is 0 Å². The number of hydrogen-bond donors (Lipinski definition) is 3. The molecule has 144 valence electrons. The van der Waals surface area contributed by atoms with Gasteiger partial charge < -0.3 is 15.0 Å². The van der Waals surface area contributed by atoms with E-state index in [2.05, 4.69) is 25.5 Å². The largest absolute Gasteiger partial charge is 0.497 e. The lowest BCUT2D eigenvalue weighted by Crippen LogP contribution is -2.12. The number of fused-ring (bicyclic) bond motifs is 2. The molecule has 7 nitrogen and oxygen atoms in total. The molecule has 8 heteroatoms. The summed E-state index contributed by atoms with van der Waals surface area (Å²) < 4.78 is 5.46. The number of amides is 1. The highest BCUT2D eigenvalue weighted by atomic mass is 32.1. The van der Waals surface area contributed by atoms with E-state index < -0.39 is 0 Å². The molecule has 2 aromatic carbocycles. The molecule has 0 spiro atoms. The highest BCUT2D eigenvalue weighted by molar-refractivity contribution is 7.09. The minimum absolute atomic E-state index is 0.244. The number of anilines is 1. The van der Waals surface area contributed by atoms with Gasteiger partial charge in [-0.05, 0) is 42.3 Å². The zero-order chi connectivity index (χ0) is 20.0. The van der Waals surface area contributed by atoms with Gasteiger partial charge in [-0.3, -0.25) is 9.89 Å². The first-order valence-corrected chi connectivity index (χ1v) is 9.86. The zero-order valence-corrected chi connectivity index (χ0v) is 16.6. The monoisotopic (exact) mass is 403 g/mol. The van der Waals surface area contributed by atoms with Crippen LogP contribution in [0.25, 0.3) is 32.9 Å². The van der Waals surface area contributed by atoms with Crippen LogP contribution >= 0.6 is 11.3 Å². The van der Waals surface area contributed by atoms with Gasteiger partial charge in [0.25, 0.3) is 5.91 Å². The molecule has 3 N–H and O–H groups in total. The number of nitrogens with one attached hydrogen (secondary N) is 3. The maximum atomic E-state index is 12.7. The Morgan fingerprint density at radius 2 is 2.07 bits per heavy atom. The van der Waals surface area contributed by atoms with Gasteiger partial charge in [0.15, 0.2) is 0 Å². The van der Waals surface area contributed by atoms with Crippen molar-refractivity contribution in [3.63, 3.8) is 0 Å². The highest BCUT2D eigenvalue weighted by Crippen LogP contribution is 2.36. The van der Waals surface area contributed by atoms with Crippen molar-refractivity contribution in [1.29, 1.82) is 0 Å². The Kier molecular flexibility index (Phi) is 4.06. The van der Waals surface area contributed by atoms with Crippen molar-refractivity contribution in [1.82, 2.24) is 20.2 Å². The molecule has 3 aromatic heterocycles. The van der Waals surface area contributed by atoms with E-state index in [1.54, 1.807) is 18.7 Å². The van der Waals surface area contributed by atoms with Gasteiger partial charge in [0.2, 0.25) is 0 Å². The minimum Gasteiger partial charge on any atom is -0.497 e. The molecule has 0 fully saturated rings. The predicted molar refractivity (Wildman–Crippen MR) is 115 cm³/mol. The minimum atomic E-state index is -0.244. The fraction of sp³-hybridized carbons (Fsp3) is 0.0952. The number of hydrogen-bond acceptors (Lipinski definition) is 5. The summed E-state index contributed by atoms with van der Waals surface area (Å²) in [6.07, 6.45) is 3.61. The number of aromatic amines is 2. The van der Waals surface area contributed by atoms with Crippen LogP contribution in [0.4, 0.5) is 5.69 Å². The van der Waals surface area contributed by atoms with Crippen molar-refractivity contribution in [3.05, 3.63) is 58.8 Å². The Morgan fingerprint density at radius 1 is 1.17 bits per heavy atom. The molecule has 0 atom stereocenters. The number of H-pyrrole nitrogens is 2. The van der Waals surface area contributed by atoms with Crippen molar-refractivity contribution >= 4 is 44.7 Å². The van der Waals surface area contributed by atoms with Crippen molar-refractivity contribution < 1.29 is 9.53 Å². The number of benzene rings is 2. The Morgan fingerprint density at radius 3 is 2.86 bits per heavy atom. The molecular weight excluding hydrogens is 386 g/mol. The average Bonchev–Trinajstić information content (AvgIpc) is 3.46. The van der Waals surface area contributed by atoms with Gasteiger partial charge >= 0.3 is 0 Å². The Balaban J connectivity index is 1.65. The Hall–Kier alpha value is -3.65. The van der Waals surface area contributed by atoms with E-state index in [4.69, 9.17) is 4.74 Å². The molecule has 0 aliphatic carbocycles. The quantitative estimate of drug-likeness (QED) is 0.404. The van der Waals surface area contributed by atoms with E-state index >= 15 is 0 Å². The van der Waals surface area contributed by atoms with Gasteiger partial charge in [-0.1, -0.05) is 0 Å². The van der Waals surface area contributed by atoms with Gasteiger partial charge in [-0.15, -0.1) is 11.3 Å². The molecular formula is C21H17N5O2S. The fourth-order valence-electron chi connectivity index (χ4n) is 3.46. The Labute approximate surface area is 169 Å². The molecule has 5 aromatic rings. The molecule has 0 saturated heterocycles. The maximum Gasteiger partial charge on any atom is 0.275 e. The molecule has 0 aliphatic heterocycles. The summed E-state index contributed by atoms with van der Waals surface area (Å²) in [6.45, 7) is 1.88. The van der Waals surface area contributed by atoms with Crippen LogP contribution in [0.2, 0.25) is 0 Å². The number of aryl methyl sites for hydroxylation is 1. The first-order valence-electron chi connectivity index (χ1n) is 8.98. The van der Waals surface area contributed by atoms with Crippen molar-refractivity contribution in [3.8, 4) is 16.9 Å². The number of methoxy groups -OCH3 is 1. The lowest BCUT2D eigenvalue weighted by atomic mass is 9.99. The maximum absolute atomic E-state index is 12.7. The number of carbonyl (C=O) groups is 1. The number of ether oxygens (including phenoxy) is 1. The molecule has 0 radical (unpaired) electrons. The topological polar surface area (TPSA) is 95.7 Å². The summed E-state index contributed by atoms with van der Waals surface area (Å²) in [7, 11) is 1.65. The molecule has 1 amide bonds. The second-order valence-corrected chi connectivity index (χ2v) is 7.74. The second-order valence-electron chi connectivity index (χ2n) is 6.67. The van der Waals surface area contributed by atoms with Crippen molar-refractivity contribution in [2.45, 2.75) is 6.92 Å². The summed E-state index contributed by atoms with van der Waals surface area (Å²) in [4.78, 5) is 20.2. The first-order chi connectivity index (χ1) is 14.1. The summed E-state index contributed by atoms with van der Waals surface area (Å²) in [5.74, 6) is 0.509. The van der Waals surface area contributed by atoms with E-state index in [9.17, 15) is 4.79 Å². The van der Waals surface area contributed by atoms with E-state index in [1.807, 2.05) is 43.5 Å². The van der Waals surface area contributed by atoms with Gasteiger partial charge in [0.05, 0.1) is 29.5 Å². The van der Waals surface area contributed by atoms with E-state index in [1.165, 1.54) is 11.3 Å². The number of thiazole rings is 1. The van der Waals surface area contributed by atoms with Gasteiger partial charge in [0.1, 0.15) is 11.4 Å². The number of nitrogens with zero attached hydrogens (tertiary/aromatic N) is 2. The molecule has 0 aliphatic rings. The van der Waals surface area contributed by atoms with Crippen LogP contribution in [-0.2, 0) is 0 Å². The molecule has 0 saturated carbocycles. The predicted octanol–water partition coefficient (Wildman–Crippen LogP) is 4.74. The second kappa shape index (κ2) is 6.75. The number of rotatable bonds is 4. The van der Waals surface area contributed by atoms with Gasteiger partial charge in [0, 0.05) is 33.9 Å². The number of aromatic nitrogens is 4. The first kappa shape index (κ1) is 17.4.